The fraction of sp³-hybridized carbons (Fsp3) is 0.304. The van der Waals surface area contributed by atoms with E-state index in [2.05, 4.69) is 5.32 Å². The summed E-state index contributed by atoms with van der Waals surface area (Å²) < 4.78 is 29.5. The molecular weight excluding hydrogens is 389 g/mol. The van der Waals surface area contributed by atoms with Gasteiger partial charge in [-0.05, 0) is 49.6 Å². The number of benzene rings is 2. The van der Waals surface area contributed by atoms with E-state index < -0.39 is 30.4 Å². The molecule has 1 saturated carbocycles. The number of allylic oxidation sites excluding steroid dienone is 1. The second-order valence-corrected chi connectivity index (χ2v) is 6.90. The van der Waals surface area contributed by atoms with Crippen LogP contribution in [0.5, 0.6) is 11.5 Å². The summed E-state index contributed by atoms with van der Waals surface area (Å²) in [7, 11) is 1.51. The minimum absolute atomic E-state index is 0.0929. The van der Waals surface area contributed by atoms with Crippen molar-refractivity contribution in [3.63, 3.8) is 0 Å². The van der Waals surface area contributed by atoms with Crippen LogP contribution in [0.25, 0.3) is 6.08 Å². The van der Waals surface area contributed by atoms with Crippen LogP contribution in [0.15, 0.2) is 48.5 Å². The summed E-state index contributed by atoms with van der Waals surface area (Å²) in [6.45, 7) is 1.50. The van der Waals surface area contributed by atoms with Gasteiger partial charge < -0.3 is 19.5 Å². The molecule has 30 heavy (non-hydrogen) atoms. The van der Waals surface area contributed by atoms with Crippen molar-refractivity contribution in [1.29, 1.82) is 0 Å². The number of carbonyl (C=O) groups is 2. The van der Waals surface area contributed by atoms with Gasteiger partial charge in [0.1, 0.15) is 5.82 Å². The van der Waals surface area contributed by atoms with Gasteiger partial charge in [0.15, 0.2) is 18.1 Å². The molecule has 1 atom stereocenters. The first-order chi connectivity index (χ1) is 14.5. The van der Waals surface area contributed by atoms with E-state index in [-0.39, 0.29) is 6.04 Å². The van der Waals surface area contributed by atoms with E-state index in [9.17, 15) is 14.0 Å². The lowest BCUT2D eigenvalue weighted by Crippen LogP contribution is -2.34. The zero-order chi connectivity index (χ0) is 21.5. The highest BCUT2D eigenvalue weighted by atomic mass is 19.1. The highest BCUT2D eigenvalue weighted by Crippen LogP contribution is 2.29. The molecule has 0 aromatic heterocycles. The van der Waals surface area contributed by atoms with Crippen LogP contribution in [0.1, 0.15) is 37.0 Å². The minimum atomic E-state index is -1.18. The Hall–Kier alpha value is -3.35. The highest BCUT2D eigenvalue weighted by Gasteiger charge is 2.31. The zero-order valence-electron chi connectivity index (χ0n) is 16.9. The average Bonchev–Trinajstić information content (AvgIpc) is 3.56. The number of hydrogen-bond donors (Lipinski definition) is 1. The Morgan fingerprint density at radius 2 is 1.90 bits per heavy atom. The monoisotopic (exact) mass is 413 g/mol. The lowest BCUT2D eigenvalue weighted by Gasteiger charge is -2.18. The van der Waals surface area contributed by atoms with Gasteiger partial charge in [-0.25, -0.2) is 9.18 Å². The van der Waals surface area contributed by atoms with Crippen molar-refractivity contribution < 1.29 is 28.2 Å². The number of halogens is 1. The van der Waals surface area contributed by atoms with Crippen LogP contribution in [0.2, 0.25) is 0 Å². The normalized spacial score (nSPS) is 14.2. The number of methoxy groups -OCH3 is 1. The third-order valence-corrected chi connectivity index (χ3v) is 4.48. The fourth-order valence-electron chi connectivity index (χ4n) is 2.82. The molecule has 2 aromatic carbocycles. The molecule has 7 heteroatoms. The molecular formula is C23H24FNO5. The maximum atomic E-state index is 13.2. The van der Waals surface area contributed by atoms with E-state index in [1.165, 1.54) is 31.4 Å². The molecule has 1 unspecified atom stereocenters. The van der Waals surface area contributed by atoms with Crippen molar-refractivity contribution in [2.24, 2.45) is 0 Å². The van der Waals surface area contributed by atoms with Crippen molar-refractivity contribution >= 4 is 18.0 Å². The first-order valence-corrected chi connectivity index (χ1v) is 9.69. The van der Waals surface area contributed by atoms with Gasteiger partial charge in [0, 0.05) is 11.6 Å². The maximum absolute atomic E-state index is 13.2. The smallest absolute Gasteiger partial charge is 0.345 e. The molecule has 3 rings (SSSR count). The van der Waals surface area contributed by atoms with Crippen molar-refractivity contribution in [3.8, 4) is 11.5 Å². The molecule has 1 fully saturated rings. The van der Waals surface area contributed by atoms with Crippen molar-refractivity contribution in [1.82, 2.24) is 5.32 Å². The molecule has 1 N–H and O–H groups in total. The summed E-state index contributed by atoms with van der Waals surface area (Å²) in [6, 6.07) is 10.7. The second-order valence-electron chi connectivity index (χ2n) is 6.90. The van der Waals surface area contributed by atoms with E-state index in [1.807, 2.05) is 25.1 Å². The van der Waals surface area contributed by atoms with E-state index in [1.54, 1.807) is 12.1 Å². The summed E-state index contributed by atoms with van der Waals surface area (Å²) in [5, 5.41) is 2.81. The van der Waals surface area contributed by atoms with Gasteiger partial charge in [0.25, 0.3) is 5.91 Å². The van der Waals surface area contributed by atoms with Crippen LogP contribution in [-0.2, 0) is 14.3 Å². The third kappa shape index (κ3) is 5.83. The molecule has 0 aliphatic heterocycles. The van der Waals surface area contributed by atoms with Gasteiger partial charge in [-0.1, -0.05) is 30.4 Å². The van der Waals surface area contributed by atoms with Crippen molar-refractivity contribution in [3.05, 3.63) is 65.5 Å². The van der Waals surface area contributed by atoms with E-state index >= 15 is 0 Å². The zero-order valence-corrected chi connectivity index (χ0v) is 16.9. The SMILES string of the molecule is C/C=C/c1ccc(OCC(=O)OC(C(=O)NC2CC2)c2ccc(F)cc2)c(OC)c1. The summed E-state index contributed by atoms with van der Waals surface area (Å²) in [5.41, 5.74) is 1.31. The summed E-state index contributed by atoms with van der Waals surface area (Å²) in [4.78, 5) is 24.9. The maximum Gasteiger partial charge on any atom is 0.345 e. The molecule has 6 nitrogen and oxygen atoms in total. The summed E-state index contributed by atoms with van der Waals surface area (Å²) in [5.74, 6) is -0.757. The standard InChI is InChI=1S/C23H24FNO5/c1-3-4-15-5-12-19(20(13-15)28-2)29-14-21(26)30-22(23(27)25-18-10-11-18)16-6-8-17(24)9-7-16/h3-9,12-13,18,22H,10-11,14H2,1-2H3,(H,25,27)/b4-3+. The predicted molar refractivity (Wildman–Crippen MR) is 110 cm³/mol. The highest BCUT2D eigenvalue weighted by molar-refractivity contribution is 5.85. The Bertz CT molecular complexity index is 922. The first kappa shape index (κ1) is 21.4. The number of nitrogens with one attached hydrogen (secondary N) is 1. The molecule has 1 aliphatic rings. The van der Waals surface area contributed by atoms with E-state index in [0.717, 1.165) is 18.4 Å². The number of carbonyl (C=O) groups excluding carboxylic acids is 2. The Balaban J connectivity index is 1.66. The van der Waals surface area contributed by atoms with E-state index in [0.29, 0.717) is 17.1 Å². The van der Waals surface area contributed by atoms with Gasteiger partial charge in [0.05, 0.1) is 7.11 Å². The quantitative estimate of drug-likeness (QED) is 0.633. The molecule has 1 aliphatic carbocycles. The Morgan fingerprint density at radius 3 is 2.53 bits per heavy atom. The van der Waals surface area contributed by atoms with Crippen LogP contribution in [0.4, 0.5) is 4.39 Å². The predicted octanol–water partition coefficient (Wildman–Crippen LogP) is 3.81. The molecule has 0 radical (unpaired) electrons. The van der Waals surface area contributed by atoms with Gasteiger partial charge in [-0.2, -0.15) is 0 Å². The number of amides is 1. The summed E-state index contributed by atoms with van der Waals surface area (Å²) >= 11 is 0. The van der Waals surface area contributed by atoms with Gasteiger partial charge in [-0.3, -0.25) is 4.79 Å². The molecule has 158 valence electrons. The molecule has 2 aromatic rings. The van der Waals surface area contributed by atoms with Crippen molar-refractivity contribution in [2.45, 2.75) is 31.9 Å². The topological polar surface area (TPSA) is 73.9 Å². The Kier molecular flexibility index (Phi) is 7.06. The van der Waals surface area contributed by atoms with Crippen LogP contribution < -0.4 is 14.8 Å². The number of rotatable bonds is 9. The Labute approximate surface area is 174 Å². The molecule has 0 heterocycles. The lowest BCUT2D eigenvalue weighted by molar-refractivity contribution is -0.158. The third-order valence-electron chi connectivity index (χ3n) is 4.48. The largest absolute Gasteiger partial charge is 0.493 e. The average molecular weight is 413 g/mol. The van der Waals surface area contributed by atoms with Gasteiger partial charge in [0.2, 0.25) is 6.10 Å². The minimum Gasteiger partial charge on any atom is -0.493 e. The van der Waals surface area contributed by atoms with Crippen LogP contribution in [0.3, 0.4) is 0 Å². The first-order valence-electron chi connectivity index (χ1n) is 9.69. The van der Waals surface area contributed by atoms with Crippen LogP contribution in [-0.4, -0.2) is 31.6 Å². The fourth-order valence-corrected chi connectivity index (χ4v) is 2.82. The summed E-state index contributed by atoms with van der Waals surface area (Å²) in [6.07, 6.45) is 4.41. The molecule has 1 amide bonds. The van der Waals surface area contributed by atoms with Gasteiger partial charge in [-0.15, -0.1) is 0 Å². The van der Waals surface area contributed by atoms with E-state index in [4.69, 9.17) is 14.2 Å². The number of hydrogen-bond acceptors (Lipinski definition) is 5. The second kappa shape index (κ2) is 9.91. The van der Waals surface area contributed by atoms with Crippen molar-refractivity contribution in [2.75, 3.05) is 13.7 Å². The number of esters is 1. The molecule has 0 spiro atoms. The lowest BCUT2D eigenvalue weighted by atomic mass is 10.1. The van der Waals surface area contributed by atoms with Crippen LogP contribution in [0, 0.1) is 5.82 Å². The van der Waals surface area contributed by atoms with Crippen LogP contribution >= 0.6 is 0 Å². The number of ether oxygens (including phenoxy) is 3. The molecule has 0 saturated heterocycles. The molecule has 0 bridgehead atoms. The Morgan fingerprint density at radius 1 is 1.17 bits per heavy atom. The van der Waals surface area contributed by atoms with Gasteiger partial charge >= 0.3 is 5.97 Å².